The third-order valence-electron chi connectivity index (χ3n) is 0.666. The van der Waals surface area contributed by atoms with E-state index in [4.69, 9.17) is 5.11 Å². The minimum absolute atomic E-state index is 0.398. The largest absolute Gasteiger partial charge is 0.460 e. The normalized spacial score (nSPS) is 21.3. The van der Waals surface area contributed by atoms with Gasteiger partial charge in [0.1, 0.15) is 12.4 Å². The van der Waals surface area contributed by atoms with Crippen molar-refractivity contribution in [3.05, 3.63) is 12.0 Å². The Morgan fingerprint density at radius 3 is 2.50 bits per heavy atom. The summed E-state index contributed by atoms with van der Waals surface area (Å²) < 4.78 is 4.51. The number of ether oxygens (including phenoxy) is 1. The van der Waals surface area contributed by atoms with Gasteiger partial charge >= 0.3 is 0 Å². The predicted octanol–water partition coefficient (Wildman–Crippen LogP) is 0.239. The van der Waals surface area contributed by atoms with Crippen LogP contribution in [0, 0.1) is 0 Å². The molecule has 1 aliphatic heterocycles. The minimum atomic E-state index is -0.398. The Morgan fingerprint density at radius 1 is 2.00 bits per heavy atom. The molecule has 1 heterocycles. The summed E-state index contributed by atoms with van der Waals surface area (Å²) >= 11 is 0. The highest BCUT2D eigenvalue weighted by Crippen LogP contribution is 2.16. The quantitative estimate of drug-likeness (QED) is 0.495. The average Bonchev–Trinajstić information content (AvgIpc) is 2.06. The van der Waals surface area contributed by atoms with Gasteiger partial charge in [-0.05, 0) is 6.92 Å². The molecule has 0 aliphatic carbocycles. The van der Waals surface area contributed by atoms with Crippen LogP contribution in [-0.4, -0.2) is 11.2 Å². The molecule has 1 aliphatic rings. The van der Waals surface area contributed by atoms with Crippen LogP contribution in [0.4, 0.5) is 0 Å². The fourth-order valence-corrected chi connectivity index (χ4v) is 0.231. The lowest BCUT2D eigenvalue weighted by Gasteiger charge is -1.86. The van der Waals surface area contributed by atoms with Crippen molar-refractivity contribution in [1.29, 1.82) is 0 Å². The lowest BCUT2D eigenvalue weighted by Crippen LogP contribution is -1.94. The number of rotatable bonds is 1. The first-order valence-electron chi connectivity index (χ1n) is 1.85. The van der Waals surface area contributed by atoms with E-state index in [0.717, 1.165) is 0 Å². The fraction of sp³-hybridized carbons (Fsp3) is 0.500. The Morgan fingerprint density at radius 2 is 2.50 bits per heavy atom. The second-order valence-corrected chi connectivity index (χ2v) is 1.31. The molecule has 1 unspecified atom stereocenters. The van der Waals surface area contributed by atoms with E-state index in [9.17, 15) is 0 Å². The first-order valence-corrected chi connectivity index (χ1v) is 1.85. The monoisotopic (exact) mass is 86.0 g/mol. The Hall–Kier alpha value is -0.500. The van der Waals surface area contributed by atoms with Gasteiger partial charge in [0.15, 0.2) is 5.76 Å². The summed E-state index contributed by atoms with van der Waals surface area (Å²) in [7, 11) is 0. The molecule has 1 N–H and O–H groups in total. The van der Waals surface area contributed by atoms with Crippen molar-refractivity contribution in [1.82, 2.24) is 0 Å². The van der Waals surface area contributed by atoms with E-state index in [1.807, 2.05) is 0 Å². The molecular weight excluding hydrogens is 80.0 g/mol. The molecule has 0 saturated heterocycles. The summed E-state index contributed by atoms with van der Waals surface area (Å²) in [6, 6.07) is 0. The fourth-order valence-electron chi connectivity index (χ4n) is 0.231. The molecule has 2 heteroatoms. The van der Waals surface area contributed by atoms with Crippen molar-refractivity contribution in [3.8, 4) is 0 Å². The van der Waals surface area contributed by atoms with Crippen LogP contribution in [-0.2, 0) is 4.74 Å². The Kier molecular flexibility index (Phi) is 0.601. The van der Waals surface area contributed by atoms with Gasteiger partial charge in [0, 0.05) is 0 Å². The van der Waals surface area contributed by atoms with Crippen LogP contribution in [0.1, 0.15) is 6.92 Å². The zero-order chi connectivity index (χ0) is 4.57. The molecule has 2 nitrogen and oxygen atoms in total. The van der Waals surface area contributed by atoms with E-state index in [2.05, 4.69) is 4.74 Å². The molecule has 0 fully saturated rings. The second-order valence-electron chi connectivity index (χ2n) is 1.31. The van der Waals surface area contributed by atoms with E-state index in [1.54, 1.807) is 6.92 Å². The van der Waals surface area contributed by atoms with Gasteiger partial charge in [0.05, 0.1) is 0 Å². The summed E-state index contributed by atoms with van der Waals surface area (Å²) in [4.78, 5) is 0. The van der Waals surface area contributed by atoms with Gasteiger partial charge in [0.25, 0.3) is 0 Å². The number of hydrogen-bond donors (Lipinski definition) is 1. The van der Waals surface area contributed by atoms with Crippen molar-refractivity contribution in [2.24, 2.45) is 0 Å². The molecule has 0 aromatic carbocycles. The molecule has 0 radical (unpaired) electrons. The molecule has 0 aromatic heterocycles. The van der Waals surface area contributed by atoms with E-state index < -0.39 is 6.10 Å². The summed E-state index contributed by atoms with van der Waals surface area (Å²) in [5.74, 6) is 0.690. The van der Waals surface area contributed by atoms with Crippen molar-refractivity contribution in [2.75, 3.05) is 0 Å². The lowest BCUT2D eigenvalue weighted by atomic mass is 10.4. The van der Waals surface area contributed by atoms with Crippen LogP contribution in [0.5, 0.6) is 0 Å². The van der Waals surface area contributed by atoms with Crippen LogP contribution in [0.3, 0.4) is 0 Å². The topological polar surface area (TPSA) is 32.8 Å². The SMILES string of the molecule is CC(O)C1=CO1. The molecule has 0 amide bonds. The molecule has 1 atom stereocenters. The molecule has 0 aromatic rings. The summed E-state index contributed by atoms with van der Waals surface area (Å²) in [6.45, 7) is 1.67. The van der Waals surface area contributed by atoms with Crippen LogP contribution >= 0.6 is 0 Å². The van der Waals surface area contributed by atoms with E-state index in [0.29, 0.717) is 5.76 Å². The maximum Gasteiger partial charge on any atom is 0.166 e. The Balaban J connectivity index is 2.31. The van der Waals surface area contributed by atoms with E-state index in [1.165, 1.54) is 6.26 Å². The minimum Gasteiger partial charge on any atom is -0.460 e. The van der Waals surface area contributed by atoms with Crippen molar-refractivity contribution < 1.29 is 9.84 Å². The highest BCUT2D eigenvalue weighted by atomic mass is 16.6. The third-order valence-corrected chi connectivity index (χ3v) is 0.666. The molecule has 1 rings (SSSR count). The van der Waals surface area contributed by atoms with Crippen molar-refractivity contribution in [3.63, 3.8) is 0 Å². The van der Waals surface area contributed by atoms with Gasteiger partial charge in [0.2, 0.25) is 0 Å². The van der Waals surface area contributed by atoms with E-state index >= 15 is 0 Å². The van der Waals surface area contributed by atoms with Crippen LogP contribution in [0.25, 0.3) is 0 Å². The van der Waals surface area contributed by atoms with Gasteiger partial charge < -0.3 is 9.84 Å². The Bertz CT molecular complexity index is 83.5. The van der Waals surface area contributed by atoms with Crippen molar-refractivity contribution in [2.45, 2.75) is 13.0 Å². The van der Waals surface area contributed by atoms with Gasteiger partial charge in [-0.1, -0.05) is 0 Å². The first-order chi connectivity index (χ1) is 2.80. The van der Waals surface area contributed by atoms with Crippen LogP contribution < -0.4 is 0 Å². The lowest BCUT2D eigenvalue weighted by molar-refractivity contribution is 0.205. The molecule has 0 spiro atoms. The Labute approximate surface area is 36.0 Å². The molecule has 0 bridgehead atoms. The number of aliphatic hydroxyl groups is 1. The molecule has 0 saturated carbocycles. The van der Waals surface area contributed by atoms with Gasteiger partial charge in [-0.2, -0.15) is 0 Å². The van der Waals surface area contributed by atoms with Crippen LogP contribution in [0.2, 0.25) is 0 Å². The zero-order valence-electron chi connectivity index (χ0n) is 3.51. The number of aliphatic hydroxyl groups excluding tert-OH is 1. The predicted molar refractivity (Wildman–Crippen MR) is 20.8 cm³/mol. The maximum absolute atomic E-state index is 8.50. The maximum atomic E-state index is 8.50. The van der Waals surface area contributed by atoms with E-state index in [-0.39, 0.29) is 0 Å². The average molecular weight is 86.1 g/mol. The summed E-state index contributed by atoms with van der Waals surface area (Å²) in [5, 5.41) is 8.50. The first kappa shape index (κ1) is 3.68. The van der Waals surface area contributed by atoms with Crippen LogP contribution in [0.15, 0.2) is 12.0 Å². The van der Waals surface area contributed by atoms with Gasteiger partial charge in [-0.3, -0.25) is 0 Å². The molecule has 6 heavy (non-hydrogen) atoms. The standard InChI is InChI=1S/C4H6O2/c1-3(5)4-2-6-4/h2-3,5H,1H3. The third kappa shape index (κ3) is 0.518. The zero-order valence-corrected chi connectivity index (χ0v) is 3.51. The highest BCUT2D eigenvalue weighted by Gasteiger charge is 2.14. The van der Waals surface area contributed by atoms with Gasteiger partial charge in [-0.25, -0.2) is 0 Å². The number of hydrogen-bond acceptors (Lipinski definition) is 2. The molecule has 34 valence electrons. The smallest absolute Gasteiger partial charge is 0.166 e. The molecular formula is C4H6O2. The van der Waals surface area contributed by atoms with Crippen molar-refractivity contribution >= 4 is 0 Å². The highest BCUT2D eigenvalue weighted by molar-refractivity contribution is 5.06. The summed E-state index contributed by atoms with van der Waals surface area (Å²) in [5.41, 5.74) is 0. The van der Waals surface area contributed by atoms with Gasteiger partial charge in [-0.15, -0.1) is 0 Å². The second kappa shape index (κ2) is 0.980. The summed E-state index contributed by atoms with van der Waals surface area (Å²) in [6.07, 6.45) is 1.13.